The standard InChI is InChI=1S/C18H28N2O2/c1-12(2)9-17(19)18(21)20-15-6-4-5-13-7-8-16(22-3)11-14(13)10-15/h7-8,11-12,15,17H,4-6,9-10,19H2,1-3H3,(H,20,21)/t15-,17-/m0/s1. The molecule has 0 unspecified atom stereocenters. The van der Waals surface area contributed by atoms with E-state index in [2.05, 4.69) is 31.3 Å². The Morgan fingerprint density at radius 2 is 2.18 bits per heavy atom. The van der Waals surface area contributed by atoms with Crippen molar-refractivity contribution in [2.75, 3.05) is 7.11 Å². The second-order valence-electron chi connectivity index (χ2n) is 6.67. The smallest absolute Gasteiger partial charge is 0.237 e. The number of ether oxygens (including phenoxy) is 1. The van der Waals surface area contributed by atoms with E-state index in [1.807, 2.05) is 6.07 Å². The van der Waals surface area contributed by atoms with Gasteiger partial charge in [-0.25, -0.2) is 0 Å². The number of hydrogen-bond acceptors (Lipinski definition) is 3. The largest absolute Gasteiger partial charge is 0.497 e. The molecule has 0 heterocycles. The van der Waals surface area contributed by atoms with E-state index in [1.165, 1.54) is 11.1 Å². The van der Waals surface area contributed by atoms with Gasteiger partial charge in [-0.3, -0.25) is 4.79 Å². The van der Waals surface area contributed by atoms with Crippen molar-refractivity contribution in [1.29, 1.82) is 0 Å². The van der Waals surface area contributed by atoms with Gasteiger partial charge in [0.15, 0.2) is 0 Å². The average molecular weight is 304 g/mol. The summed E-state index contributed by atoms with van der Waals surface area (Å²) in [5.74, 6) is 1.28. The van der Waals surface area contributed by atoms with Crippen molar-refractivity contribution in [3.05, 3.63) is 29.3 Å². The zero-order chi connectivity index (χ0) is 16.1. The number of benzene rings is 1. The molecule has 2 rings (SSSR count). The Labute approximate surface area is 133 Å². The molecule has 0 saturated carbocycles. The number of nitrogens with two attached hydrogens (primary N) is 1. The van der Waals surface area contributed by atoms with Crippen LogP contribution in [0, 0.1) is 5.92 Å². The first kappa shape index (κ1) is 16.8. The number of hydrogen-bond donors (Lipinski definition) is 2. The molecule has 0 fully saturated rings. The summed E-state index contributed by atoms with van der Waals surface area (Å²) in [5.41, 5.74) is 8.62. The first-order chi connectivity index (χ1) is 10.5. The van der Waals surface area contributed by atoms with Gasteiger partial charge in [-0.1, -0.05) is 19.9 Å². The molecule has 3 N–H and O–H groups in total. The number of carbonyl (C=O) groups is 1. The minimum absolute atomic E-state index is 0.0231. The summed E-state index contributed by atoms with van der Waals surface area (Å²) in [5, 5.41) is 3.14. The Bertz CT molecular complexity index is 514. The number of carbonyl (C=O) groups excluding carboxylic acids is 1. The zero-order valence-electron chi connectivity index (χ0n) is 13.9. The van der Waals surface area contributed by atoms with Crippen molar-refractivity contribution in [3.63, 3.8) is 0 Å². The number of fused-ring (bicyclic) bond motifs is 1. The predicted molar refractivity (Wildman–Crippen MR) is 89.0 cm³/mol. The van der Waals surface area contributed by atoms with Crippen LogP contribution in [0.25, 0.3) is 0 Å². The molecule has 4 nitrogen and oxygen atoms in total. The van der Waals surface area contributed by atoms with Gasteiger partial charge < -0.3 is 15.8 Å². The van der Waals surface area contributed by atoms with Crippen molar-refractivity contribution < 1.29 is 9.53 Å². The van der Waals surface area contributed by atoms with Gasteiger partial charge in [-0.15, -0.1) is 0 Å². The van der Waals surface area contributed by atoms with Gasteiger partial charge in [0.1, 0.15) is 5.75 Å². The van der Waals surface area contributed by atoms with Crippen molar-refractivity contribution in [2.45, 2.75) is 58.0 Å². The fourth-order valence-electron chi connectivity index (χ4n) is 3.12. The van der Waals surface area contributed by atoms with Crippen LogP contribution in [-0.2, 0) is 17.6 Å². The van der Waals surface area contributed by atoms with Crippen molar-refractivity contribution in [1.82, 2.24) is 5.32 Å². The van der Waals surface area contributed by atoms with E-state index >= 15 is 0 Å². The molecule has 22 heavy (non-hydrogen) atoms. The quantitative estimate of drug-likeness (QED) is 0.821. The van der Waals surface area contributed by atoms with Crippen LogP contribution in [0.3, 0.4) is 0 Å². The lowest BCUT2D eigenvalue weighted by Gasteiger charge is -2.21. The summed E-state index contributed by atoms with van der Waals surface area (Å²) in [6.07, 6.45) is 4.72. The summed E-state index contributed by atoms with van der Waals surface area (Å²) in [7, 11) is 1.68. The highest BCUT2D eigenvalue weighted by atomic mass is 16.5. The first-order valence-electron chi connectivity index (χ1n) is 8.21. The van der Waals surface area contributed by atoms with Gasteiger partial charge in [0.2, 0.25) is 5.91 Å². The van der Waals surface area contributed by atoms with E-state index in [0.717, 1.165) is 37.9 Å². The monoisotopic (exact) mass is 304 g/mol. The van der Waals surface area contributed by atoms with E-state index in [0.29, 0.717) is 5.92 Å². The van der Waals surface area contributed by atoms with Gasteiger partial charge in [0, 0.05) is 6.04 Å². The van der Waals surface area contributed by atoms with Crippen LogP contribution in [0.1, 0.15) is 44.2 Å². The molecule has 1 aliphatic carbocycles. The summed E-state index contributed by atoms with van der Waals surface area (Å²) < 4.78 is 5.31. The lowest BCUT2D eigenvalue weighted by atomic mass is 10.0. The molecule has 0 bridgehead atoms. The number of rotatable bonds is 5. The lowest BCUT2D eigenvalue weighted by Crippen LogP contribution is -2.46. The highest BCUT2D eigenvalue weighted by Crippen LogP contribution is 2.25. The summed E-state index contributed by atoms with van der Waals surface area (Å²) in [4.78, 5) is 12.2. The molecule has 2 atom stereocenters. The van der Waals surface area contributed by atoms with Crippen LogP contribution in [0.4, 0.5) is 0 Å². The topological polar surface area (TPSA) is 64.3 Å². The van der Waals surface area contributed by atoms with Crippen LogP contribution in [0.5, 0.6) is 5.75 Å². The Hall–Kier alpha value is -1.55. The Kier molecular flexibility index (Phi) is 5.83. The number of amides is 1. The minimum atomic E-state index is -0.409. The lowest BCUT2D eigenvalue weighted by molar-refractivity contribution is -0.123. The third-order valence-corrected chi connectivity index (χ3v) is 4.29. The van der Waals surface area contributed by atoms with Gasteiger partial charge >= 0.3 is 0 Å². The normalized spacial score (nSPS) is 19.2. The molecule has 1 amide bonds. The van der Waals surface area contributed by atoms with Gasteiger partial charge in [-0.05, 0) is 61.3 Å². The number of methoxy groups -OCH3 is 1. The maximum atomic E-state index is 12.2. The molecular formula is C18H28N2O2. The van der Waals surface area contributed by atoms with E-state index < -0.39 is 6.04 Å². The van der Waals surface area contributed by atoms with Crippen LogP contribution >= 0.6 is 0 Å². The number of aryl methyl sites for hydroxylation is 1. The van der Waals surface area contributed by atoms with Crippen molar-refractivity contribution >= 4 is 5.91 Å². The average Bonchev–Trinajstić information content (AvgIpc) is 2.67. The van der Waals surface area contributed by atoms with E-state index in [1.54, 1.807) is 7.11 Å². The molecular weight excluding hydrogens is 276 g/mol. The Balaban J connectivity index is 2.02. The molecule has 0 aromatic heterocycles. The second kappa shape index (κ2) is 7.63. The van der Waals surface area contributed by atoms with Crippen LogP contribution in [-0.4, -0.2) is 25.1 Å². The minimum Gasteiger partial charge on any atom is -0.497 e. The summed E-state index contributed by atoms with van der Waals surface area (Å²) >= 11 is 0. The molecule has 0 spiro atoms. The molecule has 1 aromatic rings. The molecule has 0 saturated heterocycles. The Morgan fingerprint density at radius 1 is 1.41 bits per heavy atom. The summed E-state index contributed by atoms with van der Waals surface area (Å²) in [6, 6.07) is 6.00. The first-order valence-corrected chi connectivity index (χ1v) is 8.21. The molecule has 1 aliphatic rings. The van der Waals surface area contributed by atoms with Gasteiger partial charge in [0.25, 0.3) is 0 Å². The van der Waals surface area contributed by atoms with Crippen LogP contribution in [0.2, 0.25) is 0 Å². The SMILES string of the molecule is COc1ccc2c(c1)C[C@@H](NC(=O)[C@@H](N)CC(C)C)CCC2. The fraction of sp³-hybridized carbons (Fsp3) is 0.611. The van der Waals surface area contributed by atoms with Crippen LogP contribution in [0.15, 0.2) is 18.2 Å². The third-order valence-electron chi connectivity index (χ3n) is 4.29. The molecule has 4 heteroatoms. The van der Waals surface area contributed by atoms with E-state index in [9.17, 15) is 4.79 Å². The third kappa shape index (κ3) is 4.47. The van der Waals surface area contributed by atoms with Crippen LogP contribution < -0.4 is 15.8 Å². The van der Waals surface area contributed by atoms with E-state index in [4.69, 9.17) is 10.5 Å². The molecule has 122 valence electrons. The summed E-state index contributed by atoms with van der Waals surface area (Å²) in [6.45, 7) is 4.17. The fourth-order valence-corrected chi connectivity index (χ4v) is 3.12. The van der Waals surface area contributed by atoms with Crippen molar-refractivity contribution in [3.8, 4) is 5.75 Å². The van der Waals surface area contributed by atoms with Gasteiger partial charge in [0.05, 0.1) is 13.2 Å². The maximum absolute atomic E-state index is 12.2. The van der Waals surface area contributed by atoms with E-state index in [-0.39, 0.29) is 11.9 Å². The van der Waals surface area contributed by atoms with Gasteiger partial charge in [-0.2, -0.15) is 0 Å². The molecule has 0 aliphatic heterocycles. The zero-order valence-corrected chi connectivity index (χ0v) is 13.9. The Morgan fingerprint density at radius 3 is 2.86 bits per heavy atom. The highest BCUT2D eigenvalue weighted by Gasteiger charge is 2.22. The molecule has 1 aromatic carbocycles. The molecule has 0 radical (unpaired) electrons. The second-order valence-corrected chi connectivity index (χ2v) is 6.67. The van der Waals surface area contributed by atoms with Crippen molar-refractivity contribution in [2.24, 2.45) is 11.7 Å². The predicted octanol–water partition coefficient (Wildman–Crippen LogP) is 2.43. The maximum Gasteiger partial charge on any atom is 0.237 e. The number of nitrogens with one attached hydrogen (secondary N) is 1. The highest BCUT2D eigenvalue weighted by molar-refractivity contribution is 5.81.